The molecule has 0 spiro atoms. The second kappa shape index (κ2) is 5.32. The van der Waals surface area contributed by atoms with E-state index in [0.717, 1.165) is 46.1 Å². The van der Waals surface area contributed by atoms with Crippen LogP contribution in [0.3, 0.4) is 0 Å². The summed E-state index contributed by atoms with van der Waals surface area (Å²) in [7, 11) is 0. The largest absolute Gasteiger partial charge is 0.344 e. The molecule has 0 saturated heterocycles. The van der Waals surface area contributed by atoms with Crippen LogP contribution < -0.4 is 5.32 Å². The quantitative estimate of drug-likeness (QED) is 0.924. The first-order valence-corrected chi connectivity index (χ1v) is 7.65. The van der Waals surface area contributed by atoms with Crippen molar-refractivity contribution in [3.05, 3.63) is 45.2 Å². The summed E-state index contributed by atoms with van der Waals surface area (Å²) in [4.78, 5) is 22.9. The highest BCUT2D eigenvalue weighted by Gasteiger charge is 2.24. The Morgan fingerprint density at radius 1 is 1.40 bits per heavy atom. The van der Waals surface area contributed by atoms with Gasteiger partial charge in [0.05, 0.1) is 10.9 Å². The standard InChI is InChI=1S/C15H17N3OS/c1-9-6-7-14(20-9)15(19)18-13-5-3-4-12-11(13)8-16-10(2)17-12/h6-8,13H,3-5H2,1-2H3,(H,18,19)/t13-/m0/s1. The van der Waals surface area contributed by atoms with Crippen molar-refractivity contribution >= 4 is 17.2 Å². The summed E-state index contributed by atoms with van der Waals surface area (Å²) in [6.07, 6.45) is 4.85. The Balaban J connectivity index is 1.81. The van der Waals surface area contributed by atoms with Crippen LogP contribution in [0.25, 0.3) is 0 Å². The fourth-order valence-electron chi connectivity index (χ4n) is 2.58. The highest BCUT2D eigenvalue weighted by Crippen LogP contribution is 2.28. The van der Waals surface area contributed by atoms with Crippen molar-refractivity contribution in [3.8, 4) is 0 Å². The van der Waals surface area contributed by atoms with Gasteiger partial charge >= 0.3 is 0 Å². The molecule has 1 aliphatic rings. The molecule has 104 valence electrons. The summed E-state index contributed by atoms with van der Waals surface area (Å²) in [5, 5.41) is 3.12. The molecule has 3 rings (SSSR count). The second-order valence-electron chi connectivity index (χ2n) is 5.15. The van der Waals surface area contributed by atoms with E-state index < -0.39 is 0 Å². The van der Waals surface area contributed by atoms with Gasteiger partial charge in [-0.2, -0.15) is 0 Å². The third-order valence-corrected chi connectivity index (χ3v) is 4.57. The predicted molar refractivity (Wildman–Crippen MR) is 79.0 cm³/mol. The number of fused-ring (bicyclic) bond motifs is 1. The van der Waals surface area contributed by atoms with Gasteiger partial charge in [-0.05, 0) is 45.2 Å². The molecule has 0 radical (unpaired) electrons. The van der Waals surface area contributed by atoms with Gasteiger partial charge in [0.25, 0.3) is 5.91 Å². The maximum atomic E-state index is 12.3. The van der Waals surface area contributed by atoms with Crippen LogP contribution in [-0.4, -0.2) is 15.9 Å². The van der Waals surface area contributed by atoms with Gasteiger partial charge in [0.2, 0.25) is 0 Å². The summed E-state index contributed by atoms with van der Waals surface area (Å²) in [6, 6.07) is 3.89. The van der Waals surface area contributed by atoms with Crippen LogP contribution in [0.15, 0.2) is 18.3 Å². The van der Waals surface area contributed by atoms with Crippen LogP contribution in [0.5, 0.6) is 0 Å². The van der Waals surface area contributed by atoms with Crippen LogP contribution in [0.4, 0.5) is 0 Å². The minimum absolute atomic E-state index is 0.00141. The molecule has 1 atom stereocenters. The average molecular weight is 287 g/mol. The summed E-state index contributed by atoms with van der Waals surface area (Å²) >= 11 is 1.52. The molecule has 0 bridgehead atoms. The van der Waals surface area contributed by atoms with Crippen molar-refractivity contribution in [1.82, 2.24) is 15.3 Å². The van der Waals surface area contributed by atoms with Gasteiger partial charge in [-0.1, -0.05) is 0 Å². The van der Waals surface area contributed by atoms with Gasteiger partial charge in [0.1, 0.15) is 5.82 Å². The Hall–Kier alpha value is -1.75. The fraction of sp³-hybridized carbons (Fsp3) is 0.400. The SMILES string of the molecule is Cc1ncc2c(n1)CCC[C@@H]2NC(=O)c1ccc(C)s1. The Kier molecular flexibility index (Phi) is 3.53. The van der Waals surface area contributed by atoms with Crippen molar-refractivity contribution in [2.24, 2.45) is 0 Å². The van der Waals surface area contributed by atoms with E-state index in [2.05, 4.69) is 15.3 Å². The Bertz CT molecular complexity index is 650. The van der Waals surface area contributed by atoms with Crippen molar-refractivity contribution in [2.45, 2.75) is 39.2 Å². The minimum atomic E-state index is 0.00141. The van der Waals surface area contributed by atoms with Crippen molar-refractivity contribution < 1.29 is 4.79 Å². The summed E-state index contributed by atoms with van der Waals surface area (Å²) < 4.78 is 0. The molecule has 0 aromatic carbocycles. The van der Waals surface area contributed by atoms with E-state index >= 15 is 0 Å². The van der Waals surface area contributed by atoms with Crippen LogP contribution >= 0.6 is 11.3 Å². The number of aryl methyl sites for hydroxylation is 3. The zero-order chi connectivity index (χ0) is 14.1. The monoisotopic (exact) mass is 287 g/mol. The molecular formula is C15H17N3OS. The maximum absolute atomic E-state index is 12.3. The first kappa shape index (κ1) is 13.2. The van der Waals surface area contributed by atoms with E-state index in [9.17, 15) is 4.79 Å². The van der Waals surface area contributed by atoms with Gasteiger partial charge in [0.15, 0.2) is 0 Å². The Labute approximate surface area is 122 Å². The number of aromatic nitrogens is 2. The van der Waals surface area contributed by atoms with E-state index in [1.54, 1.807) is 0 Å². The Morgan fingerprint density at radius 2 is 2.25 bits per heavy atom. The van der Waals surface area contributed by atoms with Crippen molar-refractivity contribution in [1.29, 1.82) is 0 Å². The van der Waals surface area contributed by atoms with E-state index in [-0.39, 0.29) is 11.9 Å². The highest BCUT2D eigenvalue weighted by molar-refractivity contribution is 7.13. The van der Waals surface area contributed by atoms with Gasteiger partial charge in [0, 0.05) is 22.3 Å². The number of nitrogens with zero attached hydrogens (tertiary/aromatic N) is 2. The topological polar surface area (TPSA) is 54.9 Å². The third-order valence-electron chi connectivity index (χ3n) is 3.57. The van der Waals surface area contributed by atoms with E-state index in [4.69, 9.17) is 0 Å². The molecule has 20 heavy (non-hydrogen) atoms. The van der Waals surface area contributed by atoms with Crippen molar-refractivity contribution in [2.75, 3.05) is 0 Å². The number of nitrogens with one attached hydrogen (secondary N) is 1. The summed E-state index contributed by atoms with van der Waals surface area (Å²) in [5.41, 5.74) is 2.15. The van der Waals surface area contributed by atoms with Crippen molar-refractivity contribution in [3.63, 3.8) is 0 Å². The molecule has 1 N–H and O–H groups in total. The molecule has 5 heteroatoms. The van der Waals surface area contributed by atoms with Crippen LogP contribution in [-0.2, 0) is 6.42 Å². The predicted octanol–water partition coefficient (Wildman–Crippen LogP) is 2.96. The number of carbonyl (C=O) groups is 1. The molecule has 0 unspecified atom stereocenters. The highest BCUT2D eigenvalue weighted by atomic mass is 32.1. The zero-order valence-electron chi connectivity index (χ0n) is 11.6. The van der Waals surface area contributed by atoms with Gasteiger partial charge < -0.3 is 5.32 Å². The molecular weight excluding hydrogens is 270 g/mol. The molecule has 2 aromatic rings. The van der Waals surface area contributed by atoms with E-state index in [0.29, 0.717) is 0 Å². The molecule has 4 nitrogen and oxygen atoms in total. The molecule has 0 aliphatic heterocycles. The van der Waals surface area contributed by atoms with Gasteiger partial charge in [-0.3, -0.25) is 4.79 Å². The first-order valence-electron chi connectivity index (χ1n) is 6.83. The van der Waals surface area contributed by atoms with Gasteiger partial charge in [-0.15, -0.1) is 11.3 Å². The lowest BCUT2D eigenvalue weighted by Crippen LogP contribution is -2.31. The molecule has 2 aromatic heterocycles. The molecule has 1 aliphatic carbocycles. The Morgan fingerprint density at radius 3 is 3.00 bits per heavy atom. The van der Waals surface area contributed by atoms with Gasteiger partial charge in [-0.25, -0.2) is 9.97 Å². The number of thiophene rings is 1. The zero-order valence-corrected chi connectivity index (χ0v) is 12.5. The van der Waals surface area contributed by atoms with Crippen LogP contribution in [0.1, 0.15) is 50.5 Å². The number of amides is 1. The molecule has 0 fully saturated rings. The lowest BCUT2D eigenvalue weighted by atomic mass is 9.92. The molecule has 2 heterocycles. The normalized spacial score (nSPS) is 17.6. The van der Waals surface area contributed by atoms with E-state index in [1.807, 2.05) is 32.2 Å². The molecule has 1 amide bonds. The van der Waals surface area contributed by atoms with Crippen LogP contribution in [0.2, 0.25) is 0 Å². The first-order chi connectivity index (χ1) is 9.63. The molecule has 0 saturated carbocycles. The fourth-order valence-corrected chi connectivity index (χ4v) is 3.35. The second-order valence-corrected chi connectivity index (χ2v) is 6.44. The minimum Gasteiger partial charge on any atom is -0.344 e. The average Bonchev–Trinajstić information content (AvgIpc) is 2.85. The lowest BCUT2D eigenvalue weighted by molar-refractivity contribution is 0.0936. The smallest absolute Gasteiger partial charge is 0.261 e. The number of carbonyl (C=O) groups excluding carboxylic acids is 1. The summed E-state index contributed by atoms with van der Waals surface area (Å²) in [5.74, 6) is 0.797. The third kappa shape index (κ3) is 2.58. The number of rotatable bonds is 2. The number of hydrogen-bond donors (Lipinski definition) is 1. The van der Waals surface area contributed by atoms with Crippen LogP contribution in [0, 0.1) is 13.8 Å². The maximum Gasteiger partial charge on any atom is 0.261 e. The summed E-state index contributed by atoms with van der Waals surface area (Å²) in [6.45, 7) is 3.91. The number of hydrogen-bond acceptors (Lipinski definition) is 4. The lowest BCUT2D eigenvalue weighted by Gasteiger charge is -2.25. The van der Waals surface area contributed by atoms with E-state index in [1.165, 1.54) is 11.3 Å².